The molecular weight excluding hydrogens is 509 g/mol. The van der Waals surface area contributed by atoms with Crippen LogP contribution < -0.4 is 0 Å². The highest BCUT2D eigenvalue weighted by Crippen LogP contribution is 2.61. The quantitative estimate of drug-likeness (QED) is 0.382. The maximum Gasteiger partial charge on any atom is 0.219 e. The zero-order valence-corrected chi connectivity index (χ0v) is 22.8. The average molecular weight is 529 g/mol. The second kappa shape index (κ2) is 8.08. The predicted molar refractivity (Wildman–Crippen MR) is 150 cm³/mol. The first-order valence-corrected chi connectivity index (χ1v) is 13.7. The Bertz CT molecular complexity index is 1650. The van der Waals surface area contributed by atoms with Gasteiger partial charge in [-0.25, -0.2) is 9.98 Å². The first-order chi connectivity index (χ1) is 18.1. The molecule has 0 amide bonds. The van der Waals surface area contributed by atoms with Crippen molar-refractivity contribution in [1.29, 1.82) is 21.0 Å². The van der Waals surface area contributed by atoms with E-state index in [-0.39, 0.29) is 34.1 Å². The van der Waals surface area contributed by atoms with Crippen LogP contribution in [0.3, 0.4) is 0 Å². The van der Waals surface area contributed by atoms with Crippen LogP contribution in [0.2, 0.25) is 0 Å². The van der Waals surface area contributed by atoms with Crippen LogP contribution in [-0.2, 0) is 10.8 Å². The average Bonchev–Trinajstić information content (AvgIpc) is 3.61. The molecule has 0 radical (unpaired) electrons. The molecule has 6 rings (SSSR count). The maximum absolute atomic E-state index is 9.13. The number of nitriles is 4. The van der Waals surface area contributed by atoms with Crippen LogP contribution in [0.5, 0.6) is 0 Å². The van der Waals surface area contributed by atoms with Gasteiger partial charge in [-0.1, -0.05) is 52.0 Å². The Labute approximate surface area is 228 Å². The van der Waals surface area contributed by atoms with E-state index in [9.17, 15) is 0 Å². The van der Waals surface area contributed by atoms with Gasteiger partial charge in [-0.15, -0.1) is 22.7 Å². The van der Waals surface area contributed by atoms with E-state index in [4.69, 9.17) is 21.0 Å². The molecule has 0 N–H and O–H groups in total. The van der Waals surface area contributed by atoms with E-state index >= 15 is 0 Å². The highest BCUT2D eigenvalue weighted by Gasteiger charge is 2.46. The summed E-state index contributed by atoms with van der Waals surface area (Å²) in [6.45, 7) is 8.87. The molecule has 2 aromatic heterocycles. The second-order valence-electron chi connectivity index (χ2n) is 10.7. The lowest BCUT2D eigenvalue weighted by Crippen LogP contribution is -2.23. The van der Waals surface area contributed by atoms with Crippen LogP contribution in [0.1, 0.15) is 48.6 Å². The Kier molecular flexibility index (Phi) is 5.11. The summed E-state index contributed by atoms with van der Waals surface area (Å²) in [5.41, 5.74) is 6.72. The fourth-order valence-electron chi connectivity index (χ4n) is 6.01. The number of hydrogen-bond donors (Lipinski definition) is 0. The van der Waals surface area contributed by atoms with Crippen LogP contribution in [0.25, 0.3) is 11.1 Å². The fourth-order valence-corrected chi connectivity index (χ4v) is 8.48. The predicted octanol–water partition coefficient (Wildman–Crippen LogP) is 7.21. The lowest BCUT2D eigenvalue weighted by molar-refractivity contribution is 0.592. The van der Waals surface area contributed by atoms with E-state index in [0.29, 0.717) is 10.0 Å². The molecule has 2 atom stereocenters. The van der Waals surface area contributed by atoms with Gasteiger partial charge in [0.2, 0.25) is 11.4 Å². The molecule has 0 saturated heterocycles. The Hall–Kier alpha value is -4.34. The number of nitrogens with zero attached hydrogens (tertiary/aromatic N) is 6. The molecular formula is C30H20N6S2. The molecule has 0 aromatic carbocycles. The number of aliphatic imine (C=N–C) groups is 2. The first kappa shape index (κ1) is 24.0. The molecule has 4 aliphatic rings. The lowest BCUT2D eigenvalue weighted by atomic mass is 9.70. The molecule has 0 aliphatic heterocycles. The van der Waals surface area contributed by atoms with Gasteiger partial charge in [-0.05, 0) is 45.6 Å². The zero-order chi connectivity index (χ0) is 27.0. The minimum absolute atomic E-state index is 0.132. The summed E-state index contributed by atoms with van der Waals surface area (Å²) in [7, 11) is 0. The van der Waals surface area contributed by atoms with Crippen molar-refractivity contribution in [1.82, 2.24) is 0 Å². The van der Waals surface area contributed by atoms with Crippen LogP contribution in [0, 0.1) is 57.2 Å². The number of allylic oxidation sites excluding steroid dienone is 8. The van der Waals surface area contributed by atoms with Crippen LogP contribution in [-0.4, -0.2) is 11.4 Å². The fraction of sp³-hybridized carbons (Fsp3) is 0.267. The van der Waals surface area contributed by atoms with Crippen molar-refractivity contribution in [2.45, 2.75) is 38.5 Å². The SMILES string of the molecule is CC1(C)C2=CC3C=C4C(=CC3C=C2c2sc(N=C(C#N)C#N)cc21)C(C)(C)c1cc(N=C(C#N)C#N)sc14. The molecule has 6 nitrogen and oxygen atoms in total. The van der Waals surface area contributed by atoms with Crippen molar-refractivity contribution in [3.8, 4) is 24.3 Å². The first-order valence-electron chi connectivity index (χ1n) is 12.1. The number of rotatable bonds is 2. The van der Waals surface area contributed by atoms with Crippen molar-refractivity contribution in [2.24, 2.45) is 21.8 Å². The van der Waals surface area contributed by atoms with E-state index in [1.807, 2.05) is 36.4 Å². The summed E-state index contributed by atoms with van der Waals surface area (Å²) in [4.78, 5) is 10.9. The van der Waals surface area contributed by atoms with Gasteiger partial charge in [-0.2, -0.15) is 21.0 Å². The van der Waals surface area contributed by atoms with E-state index in [1.54, 1.807) is 0 Å². The Morgan fingerprint density at radius 2 is 1.03 bits per heavy atom. The number of hydrogen-bond acceptors (Lipinski definition) is 8. The summed E-state index contributed by atoms with van der Waals surface area (Å²) < 4.78 is 0. The van der Waals surface area contributed by atoms with Crippen LogP contribution >= 0.6 is 22.7 Å². The Balaban J connectivity index is 1.43. The normalized spacial score (nSPS) is 22.1. The van der Waals surface area contributed by atoms with Crippen molar-refractivity contribution in [3.05, 3.63) is 68.5 Å². The van der Waals surface area contributed by atoms with Crippen LogP contribution in [0.4, 0.5) is 10.0 Å². The molecule has 2 aromatic rings. The smallest absolute Gasteiger partial charge is 0.216 e. The summed E-state index contributed by atoms with van der Waals surface area (Å²) in [6.07, 6.45) is 9.54. The number of fused-ring (bicyclic) bond motifs is 7. The third kappa shape index (κ3) is 3.25. The van der Waals surface area contributed by atoms with Crippen molar-refractivity contribution in [3.63, 3.8) is 0 Å². The summed E-state index contributed by atoms with van der Waals surface area (Å²) in [5.74, 6) is 0.429. The third-order valence-electron chi connectivity index (χ3n) is 7.95. The Morgan fingerprint density at radius 1 is 0.658 bits per heavy atom. The largest absolute Gasteiger partial charge is 0.219 e. The minimum atomic E-state index is -0.214. The Morgan fingerprint density at radius 3 is 1.37 bits per heavy atom. The second-order valence-corrected chi connectivity index (χ2v) is 12.8. The van der Waals surface area contributed by atoms with Gasteiger partial charge in [-0.3, -0.25) is 0 Å². The standard InChI is InChI=1S/C30H20N6S2/c1-29(2)21-7-15-6-20-22(30(3,4)24-10-26(38-28(20)24)36-18(13-33)14-34)8-16(15)5-19(21)27-23(29)9-25(37-27)35-17(11-31)12-32/h5-10,15-16H,1-4H3. The van der Waals surface area contributed by atoms with E-state index in [0.717, 1.165) is 0 Å². The topological polar surface area (TPSA) is 120 Å². The van der Waals surface area contributed by atoms with Gasteiger partial charge < -0.3 is 0 Å². The monoisotopic (exact) mass is 528 g/mol. The van der Waals surface area contributed by atoms with E-state index < -0.39 is 0 Å². The number of thiophene rings is 2. The van der Waals surface area contributed by atoms with Crippen molar-refractivity contribution in [2.75, 3.05) is 0 Å². The van der Waals surface area contributed by atoms with Crippen molar-refractivity contribution < 1.29 is 0 Å². The van der Waals surface area contributed by atoms with Gasteiger partial charge in [0.1, 0.15) is 34.3 Å². The molecule has 2 heterocycles. The molecule has 0 spiro atoms. The maximum atomic E-state index is 9.13. The summed E-state index contributed by atoms with van der Waals surface area (Å²) in [5, 5.41) is 37.9. The molecule has 0 fully saturated rings. The van der Waals surface area contributed by atoms with Gasteiger partial charge in [0.15, 0.2) is 0 Å². The van der Waals surface area contributed by atoms with Gasteiger partial charge in [0.25, 0.3) is 0 Å². The lowest BCUT2D eigenvalue weighted by Gasteiger charge is -2.33. The summed E-state index contributed by atoms with van der Waals surface area (Å²) >= 11 is 3.07. The molecule has 0 bridgehead atoms. The summed E-state index contributed by atoms with van der Waals surface area (Å²) in [6, 6.07) is 11.4. The van der Waals surface area contributed by atoms with Crippen molar-refractivity contribution >= 4 is 55.2 Å². The van der Waals surface area contributed by atoms with E-state index in [1.165, 1.54) is 65.8 Å². The third-order valence-corrected chi connectivity index (χ3v) is 10.1. The van der Waals surface area contributed by atoms with Gasteiger partial charge in [0, 0.05) is 32.4 Å². The molecule has 8 heteroatoms. The zero-order valence-electron chi connectivity index (χ0n) is 21.1. The molecule has 4 aliphatic carbocycles. The molecule has 0 saturated carbocycles. The molecule has 2 unspecified atom stereocenters. The van der Waals surface area contributed by atoms with E-state index in [2.05, 4.69) is 62.0 Å². The molecule has 38 heavy (non-hydrogen) atoms. The highest BCUT2D eigenvalue weighted by molar-refractivity contribution is 7.17. The highest BCUT2D eigenvalue weighted by atomic mass is 32.1. The minimum Gasteiger partial charge on any atom is -0.216 e. The van der Waals surface area contributed by atoms with Crippen LogP contribution in [0.15, 0.2) is 57.6 Å². The van der Waals surface area contributed by atoms with Gasteiger partial charge in [0.05, 0.1) is 0 Å². The molecule has 182 valence electrons. The van der Waals surface area contributed by atoms with Gasteiger partial charge >= 0.3 is 0 Å².